The van der Waals surface area contributed by atoms with Crippen molar-refractivity contribution < 1.29 is 28.7 Å². The van der Waals surface area contributed by atoms with Crippen LogP contribution in [-0.2, 0) is 9.59 Å². The largest absolute Gasteiger partial charge is 0.478 e. The lowest BCUT2D eigenvalue weighted by Gasteiger charge is -2.26. The minimum atomic E-state index is -1.16. The first-order valence-corrected chi connectivity index (χ1v) is 9.80. The van der Waals surface area contributed by atoms with Crippen LogP contribution in [0.3, 0.4) is 0 Å². The fourth-order valence-corrected chi connectivity index (χ4v) is 3.52. The number of hydrogen-bond acceptors (Lipinski definition) is 5. The third kappa shape index (κ3) is 4.01. The Kier molecular flexibility index (Phi) is 5.56. The molecule has 1 aliphatic heterocycles. The van der Waals surface area contributed by atoms with Crippen LogP contribution in [0.15, 0.2) is 64.6 Å². The molecule has 1 aromatic heterocycles. The SMILES string of the molecule is O=C1NC(=O)N(c2cccc(Cl)c2)C(=O)C1=Cc1ccc(-c2ccc(C(=O)O)c(Cl)c2)o1. The van der Waals surface area contributed by atoms with E-state index in [1.807, 2.05) is 0 Å². The molecule has 4 amide bonds. The molecule has 0 saturated carbocycles. The number of nitrogens with one attached hydrogen (secondary N) is 1. The zero-order valence-corrected chi connectivity index (χ0v) is 17.5. The van der Waals surface area contributed by atoms with Gasteiger partial charge in [0.1, 0.15) is 17.1 Å². The molecule has 0 radical (unpaired) electrons. The molecule has 1 fully saturated rings. The molecule has 8 nitrogen and oxygen atoms in total. The number of carboxylic acids is 1. The van der Waals surface area contributed by atoms with E-state index in [1.165, 1.54) is 42.5 Å². The van der Waals surface area contributed by atoms with E-state index < -0.39 is 23.8 Å². The van der Waals surface area contributed by atoms with Gasteiger partial charge in [0.15, 0.2) is 0 Å². The summed E-state index contributed by atoms with van der Waals surface area (Å²) in [6.07, 6.45) is 1.21. The first kappa shape index (κ1) is 21.4. The molecule has 0 aliphatic carbocycles. The maximum absolute atomic E-state index is 12.9. The van der Waals surface area contributed by atoms with Gasteiger partial charge >= 0.3 is 12.0 Å². The average molecular weight is 471 g/mol. The Labute approximate surface area is 190 Å². The Balaban J connectivity index is 1.66. The quantitative estimate of drug-likeness (QED) is 0.424. The number of carbonyl (C=O) groups excluding carboxylic acids is 3. The molecule has 0 spiro atoms. The number of anilines is 1. The smallest absolute Gasteiger partial charge is 0.337 e. The van der Waals surface area contributed by atoms with Crippen LogP contribution in [0.25, 0.3) is 17.4 Å². The molecular weight excluding hydrogens is 459 g/mol. The van der Waals surface area contributed by atoms with Gasteiger partial charge in [-0.3, -0.25) is 14.9 Å². The molecule has 1 aliphatic rings. The Hall–Kier alpha value is -3.88. The van der Waals surface area contributed by atoms with Crippen LogP contribution in [0.4, 0.5) is 10.5 Å². The van der Waals surface area contributed by atoms with E-state index in [-0.39, 0.29) is 27.6 Å². The molecule has 2 heterocycles. The minimum Gasteiger partial charge on any atom is -0.478 e. The second kappa shape index (κ2) is 8.33. The highest BCUT2D eigenvalue weighted by Crippen LogP contribution is 2.29. The van der Waals surface area contributed by atoms with Gasteiger partial charge in [0.2, 0.25) is 0 Å². The zero-order valence-electron chi connectivity index (χ0n) is 16.0. The van der Waals surface area contributed by atoms with Gasteiger partial charge in [0, 0.05) is 10.6 Å². The van der Waals surface area contributed by atoms with Crippen LogP contribution in [0.5, 0.6) is 0 Å². The number of carboxylic acid groups (broad SMARTS) is 1. The Morgan fingerprint density at radius 2 is 1.81 bits per heavy atom. The van der Waals surface area contributed by atoms with Gasteiger partial charge in [-0.05, 0) is 48.5 Å². The fourth-order valence-electron chi connectivity index (χ4n) is 3.08. The molecule has 32 heavy (non-hydrogen) atoms. The monoisotopic (exact) mass is 470 g/mol. The first-order valence-electron chi connectivity index (χ1n) is 9.04. The second-order valence-corrected chi connectivity index (χ2v) is 7.48. The van der Waals surface area contributed by atoms with E-state index in [2.05, 4.69) is 5.32 Å². The number of furan rings is 1. The van der Waals surface area contributed by atoms with Crippen LogP contribution in [0, 0.1) is 0 Å². The summed E-state index contributed by atoms with van der Waals surface area (Å²) in [5.41, 5.74) is 0.329. The van der Waals surface area contributed by atoms with Crippen LogP contribution in [0.1, 0.15) is 16.1 Å². The van der Waals surface area contributed by atoms with Crippen LogP contribution < -0.4 is 10.2 Å². The molecule has 3 aromatic rings. The summed E-state index contributed by atoms with van der Waals surface area (Å²) < 4.78 is 5.67. The number of imide groups is 2. The minimum absolute atomic E-state index is 0.0313. The summed E-state index contributed by atoms with van der Waals surface area (Å²) in [6.45, 7) is 0. The molecule has 0 atom stereocenters. The van der Waals surface area contributed by atoms with Gasteiger partial charge in [-0.25, -0.2) is 14.5 Å². The van der Waals surface area contributed by atoms with E-state index >= 15 is 0 Å². The summed E-state index contributed by atoms with van der Waals surface area (Å²) in [7, 11) is 0. The average Bonchev–Trinajstić information content (AvgIpc) is 3.19. The van der Waals surface area contributed by atoms with E-state index in [1.54, 1.807) is 18.2 Å². The van der Waals surface area contributed by atoms with Gasteiger partial charge in [0.05, 0.1) is 16.3 Å². The summed E-state index contributed by atoms with van der Waals surface area (Å²) in [6, 6.07) is 12.6. The number of hydrogen-bond donors (Lipinski definition) is 2. The third-order valence-corrected chi connectivity index (χ3v) is 5.11. The van der Waals surface area contributed by atoms with Gasteiger partial charge < -0.3 is 9.52 Å². The summed E-state index contributed by atoms with van der Waals surface area (Å²) in [5, 5.41) is 11.5. The van der Waals surface area contributed by atoms with Crippen molar-refractivity contribution in [3.05, 3.63) is 81.5 Å². The Morgan fingerprint density at radius 3 is 2.50 bits per heavy atom. The van der Waals surface area contributed by atoms with Crippen molar-refractivity contribution in [1.29, 1.82) is 0 Å². The molecule has 2 N–H and O–H groups in total. The maximum Gasteiger partial charge on any atom is 0.337 e. The number of barbiturate groups is 1. The number of amides is 4. The molecule has 0 bridgehead atoms. The molecule has 2 aromatic carbocycles. The molecular formula is C22H12Cl2N2O6. The van der Waals surface area contributed by atoms with Crippen molar-refractivity contribution in [1.82, 2.24) is 5.32 Å². The number of benzene rings is 2. The number of nitrogens with zero attached hydrogens (tertiary/aromatic N) is 1. The first-order chi connectivity index (χ1) is 15.2. The summed E-state index contributed by atoms with van der Waals surface area (Å²) in [5.74, 6) is -2.37. The fraction of sp³-hybridized carbons (Fsp3) is 0. The predicted octanol–water partition coefficient (Wildman–Crippen LogP) is 4.62. The van der Waals surface area contributed by atoms with Gasteiger partial charge in [0.25, 0.3) is 11.8 Å². The molecule has 1 saturated heterocycles. The van der Waals surface area contributed by atoms with Crippen LogP contribution in [0.2, 0.25) is 10.0 Å². The van der Waals surface area contributed by atoms with Crippen molar-refractivity contribution in [2.75, 3.05) is 4.90 Å². The number of halogens is 2. The molecule has 160 valence electrons. The third-order valence-electron chi connectivity index (χ3n) is 4.57. The number of carbonyl (C=O) groups is 4. The lowest BCUT2D eigenvalue weighted by Crippen LogP contribution is -2.54. The Morgan fingerprint density at radius 1 is 1.03 bits per heavy atom. The highest BCUT2D eigenvalue weighted by molar-refractivity contribution is 6.39. The summed E-state index contributed by atoms with van der Waals surface area (Å²) in [4.78, 5) is 49.4. The highest BCUT2D eigenvalue weighted by Gasteiger charge is 2.37. The van der Waals surface area contributed by atoms with E-state index in [4.69, 9.17) is 32.7 Å². The highest BCUT2D eigenvalue weighted by atomic mass is 35.5. The number of urea groups is 1. The summed E-state index contributed by atoms with van der Waals surface area (Å²) >= 11 is 11.9. The van der Waals surface area contributed by atoms with Crippen molar-refractivity contribution in [2.24, 2.45) is 0 Å². The predicted molar refractivity (Wildman–Crippen MR) is 117 cm³/mol. The standard InChI is InChI=1S/C22H12Cl2N2O6/c23-12-2-1-3-13(9-12)26-20(28)16(19(27)25-22(26)31)10-14-5-7-18(32-14)11-4-6-15(21(29)30)17(24)8-11/h1-10H,(H,29,30)(H,25,27,31). The van der Waals surface area contributed by atoms with E-state index in [9.17, 15) is 19.2 Å². The van der Waals surface area contributed by atoms with Crippen LogP contribution >= 0.6 is 23.2 Å². The van der Waals surface area contributed by atoms with Crippen molar-refractivity contribution in [3.8, 4) is 11.3 Å². The van der Waals surface area contributed by atoms with E-state index in [0.29, 0.717) is 16.3 Å². The van der Waals surface area contributed by atoms with E-state index in [0.717, 1.165) is 4.90 Å². The molecule has 0 unspecified atom stereocenters. The van der Waals surface area contributed by atoms with Crippen molar-refractivity contribution in [2.45, 2.75) is 0 Å². The van der Waals surface area contributed by atoms with Gasteiger partial charge in [-0.15, -0.1) is 0 Å². The van der Waals surface area contributed by atoms with Crippen molar-refractivity contribution >= 4 is 58.8 Å². The zero-order chi connectivity index (χ0) is 23.0. The number of aromatic carboxylic acids is 1. The van der Waals surface area contributed by atoms with Gasteiger partial charge in [-0.2, -0.15) is 0 Å². The molecule has 4 rings (SSSR count). The Bertz CT molecular complexity index is 1330. The van der Waals surface area contributed by atoms with Crippen molar-refractivity contribution in [3.63, 3.8) is 0 Å². The second-order valence-electron chi connectivity index (χ2n) is 6.64. The topological polar surface area (TPSA) is 117 Å². The molecule has 10 heteroatoms. The maximum atomic E-state index is 12.9. The lowest BCUT2D eigenvalue weighted by atomic mass is 10.1. The van der Waals surface area contributed by atoms with Crippen LogP contribution in [-0.4, -0.2) is 28.9 Å². The lowest BCUT2D eigenvalue weighted by molar-refractivity contribution is -0.122. The van der Waals surface area contributed by atoms with Gasteiger partial charge in [-0.1, -0.05) is 35.3 Å². The number of rotatable bonds is 4. The normalized spacial score (nSPS) is 15.2.